The van der Waals surface area contributed by atoms with Gasteiger partial charge >= 0.3 is 0 Å². The van der Waals surface area contributed by atoms with Gasteiger partial charge in [0.25, 0.3) is 5.91 Å². The van der Waals surface area contributed by atoms with Gasteiger partial charge in [-0.1, -0.05) is 41.5 Å². The van der Waals surface area contributed by atoms with E-state index in [4.69, 9.17) is 9.16 Å². The number of anilines is 1. The van der Waals surface area contributed by atoms with Gasteiger partial charge in [-0.15, -0.1) is 0 Å². The molecule has 2 unspecified atom stereocenters. The number of alkyl halides is 1. The minimum atomic E-state index is -2.03. The Balaban J connectivity index is 2.64. The standard InChI is InChI=1S/C20H36IN3O4Si/c1-12(2)29(13(3)4,14(5)6)28-19(21)16(8)27-11-17(25)20(26)24-18-10-22-15(7)9-23-18/h9-10,12-14,16-17,19,25H,11H2,1-8H3,(H,23,24,26)/t16?,17?,19-/m0/s1. The summed E-state index contributed by atoms with van der Waals surface area (Å²) in [6.07, 6.45) is 1.44. The molecular formula is C20H36IN3O4Si. The number of nitrogens with one attached hydrogen (secondary N) is 1. The van der Waals surface area contributed by atoms with Crippen LogP contribution >= 0.6 is 22.6 Å². The number of aliphatic hydroxyl groups excluding tert-OH is 1. The number of hydrogen-bond donors (Lipinski definition) is 2. The summed E-state index contributed by atoms with van der Waals surface area (Å²) in [6, 6.07) is 0. The van der Waals surface area contributed by atoms with Gasteiger partial charge in [-0.2, -0.15) is 0 Å². The average Bonchev–Trinajstić information content (AvgIpc) is 2.64. The van der Waals surface area contributed by atoms with E-state index in [9.17, 15) is 9.90 Å². The molecule has 0 aromatic carbocycles. The molecule has 0 aliphatic heterocycles. The Bertz CT molecular complexity index is 621. The summed E-state index contributed by atoms with van der Waals surface area (Å²) >= 11 is 2.27. The van der Waals surface area contributed by atoms with E-state index in [0.717, 1.165) is 5.69 Å². The number of amides is 1. The maximum Gasteiger partial charge on any atom is 0.256 e. The molecule has 0 spiro atoms. The fourth-order valence-electron chi connectivity index (χ4n) is 3.76. The lowest BCUT2D eigenvalue weighted by Gasteiger charge is -2.44. The predicted octanol–water partition coefficient (Wildman–Crippen LogP) is 4.44. The molecule has 2 N–H and O–H groups in total. The van der Waals surface area contributed by atoms with Gasteiger partial charge in [0.1, 0.15) is 4.11 Å². The lowest BCUT2D eigenvalue weighted by Crippen LogP contribution is -2.51. The Hall–Kier alpha value is -0.623. The molecule has 1 heterocycles. The molecule has 0 saturated carbocycles. The highest BCUT2D eigenvalue weighted by Gasteiger charge is 2.47. The summed E-state index contributed by atoms with van der Waals surface area (Å²) in [5.74, 6) is -0.277. The first kappa shape index (κ1) is 26.4. The quantitative estimate of drug-likeness (QED) is 0.246. The number of nitrogens with zero attached hydrogens (tertiary/aromatic N) is 2. The summed E-state index contributed by atoms with van der Waals surface area (Å²) in [7, 11) is -2.03. The third-order valence-corrected chi connectivity index (χ3v) is 13.1. The van der Waals surface area contributed by atoms with Crippen LogP contribution in [0.15, 0.2) is 12.4 Å². The highest BCUT2D eigenvalue weighted by atomic mass is 127. The van der Waals surface area contributed by atoms with Crippen LogP contribution in [0.2, 0.25) is 16.6 Å². The van der Waals surface area contributed by atoms with E-state index < -0.39 is 20.3 Å². The molecule has 166 valence electrons. The molecule has 3 atom stereocenters. The minimum absolute atomic E-state index is 0.116. The van der Waals surface area contributed by atoms with E-state index in [-0.39, 0.29) is 16.8 Å². The second-order valence-electron chi connectivity index (χ2n) is 8.37. The van der Waals surface area contributed by atoms with Crippen LogP contribution in [0.5, 0.6) is 0 Å². The van der Waals surface area contributed by atoms with Crippen molar-refractivity contribution in [3.8, 4) is 0 Å². The van der Waals surface area contributed by atoms with Crippen LogP contribution in [0.3, 0.4) is 0 Å². The molecule has 9 heteroatoms. The fraction of sp³-hybridized carbons (Fsp3) is 0.750. The van der Waals surface area contributed by atoms with Crippen molar-refractivity contribution in [1.82, 2.24) is 9.97 Å². The largest absolute Gasteiger partial charge is 0.402 e. The Kier molecular flexibility index (Phi) is 10.6. The third-order valence-electron chi connectivity index (χ3n) is 5.24. The highest BCUT2D eigenvalue weighted by Crippen LogP contribution is 2.44. The van der Waals surface area contributed by atoms with Crippen molar-refractivity contribution in [2.24, 2.45) is 0 Å². The molecule has 1 aromatic rings. The van der Waals surface area contributed by atoms with Crippen molar-refractivity contribution in [3.05, 3.63) is 18.1 Å². The van der Waals surface area contributed by atoms with Gasteiger partial charge in [0, 0.05) is 0 Å². The van der Waals surface area contributed by atoms with E-state index in [1.54, 1.807) is 13.1 Å². The van der Waals surface area contributed by atoms with E-state index in [1.165, 1.54) is 6.20 Å². The number of aryl methyl sites for hydroxylation is 1. The number of aliphatic hydroxyl groups is 1. The molecule has 7 nitrogen and oxygen atoms in total. The van der Waals surface area contributed by atoms with Crippen LogP contribution in [-0.2, 0) is 14.0 Å². The topological polar surface area (TPSA) is 93.6 Å². The molecule has 0 bridgehead atoms. The van der Waals surface area contributed by atoms with Gasteiger partial charge in [-0.05, 0) is 53.1 Å². The smallest absolute Gasteiger partial charge is 0.256 e. The zero-order valence-electron chi connectivity index (χ0n) is 18.8. The number of hydrogen-bond acceptors (Lipinski definition) is 6. The van der Waals surface area contributed by atoms with E-state index in [2.05, 4.69) is 79.4 Å². The van der Waals surface area contributed by atoms with Crippen molar-refractivity contribution in [1.29, 1.82) is 0 Å². The Morgan fingerprint density at radius 3 is 2.10 bits per heavy atom. The third kappa shape index (κ3) is 7.23. The number of ether oxygens (including phenoxy) is 1. The molecule has 29 heavy (non-hydrogen) atoms. The predicted molar refractivity (Wildman–Crippen MR) is 127 cm³/mol. The van der Waals surface area contributed by atoms with Gasteiger partial charge in [0.05, 0.1) is 30.8 Å². The summed E-state index contributed by atoms with van der Waals surface area (Å²) in [6.45, 7) is 17.0. The van der Waals surface area contributed by atoms with Gasteiger partial charge in [0.2, 0.25) is 8.32 Å². The molecule has 0 saturated heterocycles. The second-order valence-corrected chi connectivity index (χ2v) is 15.0. The SMILES string of the molecule is Cc1cnc(NC(=O)C(O)COC(C)[C@@H](I)O[Si](C(C)C)(C(C)C)C(C)C)cn1. The van der Waals surface area contributed by atoms with Crippen molar-refractivity contribution in [2.45, 2.75) is 88.3 Å². The Labute approximate surface area is 189 Å². The van der Waals surface area contributed by atoms with Gasteiger partial charge < -0.3 is 19.6 Å². The maximum absolute atomic E-state index is 12.1. The average molecular weight is 538 g/mol. The number of halogens is 1. The highest BCUT2D eigenvalue weighted by molar-refractivity contribution is 14.1. The molecule has 0 aliphatic carbocycles. The van der Waals surface area contributed by atoms with Crippen LogP contribution in [0.1, 0.15) is 54.2 Å². The molecule has 1 amide bonds. The maximum atomic E-state index is 12.1. The first-order chi connectivity index (χ1) is 13.4. The normalized spacial score (nSPS) is 15.6. The number of aromatic nitrogens is 2. The number of carbonyl (C=O) groups excluding carboxylic acids is 1. The van der Waals surface area contributed by atoms with E-state index in [0.29, 0.717) is 22.4 Å². The van der Waals surface area contributed by atoms with Crippen molar-refractivity contribution >= 4 is 42.6 Å². The first-order valence-electron chi connectivity index (χ1n) is 10.1. The molecule has 0 aliphatic rings. The molecule has 1 aromatic heterocycles. The fourth-order valence-corrected chi connectivity index (χ4v) is 10.7. The zero-order valence-corrected chi connectivity index (χ0v) is 21.9. The molecule has 1 rings (SSSR count). The first-order valence-corrected chi connectivity index (χ1v) is 13.5. The van der Waals surface area contributed by atoms with Crippen LogP contribution in [0.25, 0.3) is 0 Å². The summed E-state index contributed by atoms with van der Waals surface area (Å²) in [5.41, 5.74) is 2.16. The van der Waals surface area contributed by atoms with Crippen molar-refractivity contribution in [3.63, 3.8) is 0 Å². The Morgan fingerprint density at radius 2 is 1.66 bits per heavy atom. The van der Waals surface area contributed by atoms with Gasteiger partial charge in [-0.25, -0.2) is 4.98 Å². The summed E-state index contributed by atoms with van der Waals surface area (Å²) in [4.78, 5) is 20.3. The lowest BCUT2D eigenvalue weighted by molar-refractivity contribution is -0.128. The van der Waals surface area contributed by atoms with Crippen LogP contribution < -0.4 is 5.32 Å². The van der Waals surface area contributed by atoms with Gasteiger partial charge in [0.15, 0.2) is 11.9 Å². The zero-order chi connectivity index (χ0) is 22.4. The molecule has 0 fully saturated rings. The van der Waals surface area contributed by atoms with Crippen molar-refractivity contribution < 1.29 is 19.1 Å². The van der Waals surface area contributed by atoms with Crippen LogP contribution in [-0.4, -0.2) is 52.2 Å². The second kappa shape index (κ2) is 11.7. The minimum Gasteiger partial charge on any atom is -0.402 e. The van der Waals surface area contributed by atoms with Crippen LogP contribution in [0.4, 0.5) is 5.82 Å². The van der Waals surface area contributed by atoms with Crippen molar-refractivity contribution in [2.75, 3.05) is 11.9 Å². The van der Waals surface area contributed by atoms with E-state index >= 15 is 0 Å². The van der Waals surface area contributed by atoms with Gasteiger partial charge in [-0.3, -0.25) is 9.78 Å². The molecule has 0 radical (unpaired) electrons. The molecular weight excluding hydrogens is 501 g/mol. The number of carbonyl (C=O) groups is 1. The monoisotopic (exact) mass is 537 g/mol. The van der Waals surface area contributed by atoms with E-state index in [1.807, 2.05) is 6.92 Å². The Morgan fingerprint density at radius 1 is 1.10 bits per heavy atom. The summed E-state index contributed by atoms with van der Waals surface area (Å²) in [5, 5.41) is 12.7. The lowest BCUT2D eigenvalue weighted by atomic mass is 10.3. The summed E-state index contributed by atoms with van der Waals surface area (Å²) < 4.78 is 12.3. The van der Waals surface area contributed by atoms with Crippen LogP contribution in [0, 0.1) is 6.92 Å². The number of rotatable bonds is 11.